The zero-order chi connectivity index (χ0) is 11.3. The van der Waals surface area contributed by atoms with E-state index in [-0.39, 0.29) is 0 Å². The SMILES string of the molecule is COCC(C)NC1=NCC(CC(C)C)S1. The summed E-state index contributed by atoms with van der Waals surface area (Å²) in [5, 5.41) is 5.13. The lowest BCUT2D eigenvalue weighted by Gasteiger charge is -2.14. The molecule has 0 aromatic rings. The van der Waals surface area contributed by atoms with Gasteiger partial charge in [-0.3, -0.25) is 4.99 Å². The van der Waals surface area contributed by atoms with Gasteiger partial charge in [0.05, 0.1) is 13.2 Å². The lowest BCUT2D eigenvalue weighted by molar-refractivity contribution is 0.179. The van der Waals surface area contributed by atoms with E-state index < -0.39 is 0 Å². The summed E-state index contributed by atoms with van der Waals surface area (Å²) in [5.41, 5.74) is 0. The van der Waals surface area contributed by atoms with Crippen molar-refractivity contribution in [2.45, 2.75) is 38.5 Å². The lowest BCUT2D eigenvalue weighted by Crippen LogP contribution is -2.33. The first-order valence-corrected chi connectivity index (χ1v) is 6.46. The van der Waals surface area contributed by atoms with Crippen molar-refractivity contribution in [3.05, 3.63) is 0 Å². The lowest BCUT2D eigenvalue weighted by atomic mass is 10.1. The van der Waals surface area contributed by atoms with E-state index in [1.807, 2.05) is 11.8 Å². The summed E-state index contributed by atoms with van der Waals surface area (Å²) in [6.45, 7) is 8.33. The molecule has 0 aliphatic carbocycles. The number of methoxy groups -OCH3 is 1. The molecule has 1 aliphatic heterocycles. The smallest absolute Gasteiger partial charge is 0.157 e. The van der Waals surface area contributed by atoms with Gasteiger partial charge in [-0.05, 0) is 19.3 Å². The molecule has 0 fully saturated rings. The molecular formula is C11H22N2OS. The number of nitrogens with one attached hydrogen (secondary N) is 1. The third-order valence-corrected chi connectivity index (χ3v) is 3.38. The molecule has 1 aliphatic rings. The Balaban J connectivity index is 2.23. The van der Waals surface area contributed by atoms with E-state index in [1.54, 1.807) is 7.11 Å². The Bertz CT molecular complexity index is 219. The molecule has 0 saturated heterocycles. The second-order valence-corrected chi connectivity index (χ2v) is 5.81. The standard InChI is InChI=1S/C11H22N2OS/c1-8(2)5-10-6-12-11(15-10)13-9(3)7-14-4/h8-10H,5-7H2,1-4H3,(H,12,13). The average molecular weight is 230 g/mol. The molecule has 1 heterocycles. The van der Waals surface area contributed by atoms with Crippen LogP contribution in [-0.2, 0) is 4.74 Å². The molecule has 3 nitrogen and oxygen atoms in total. The van der Waals surface area contributed by atoms with Crippen molar-refractivity contribution in [3.63, 3.8) is 0 Å². The zero-order valence-electron chi connectivity index (χ0n) is 10.1. The summed E-state index contributed by atoms with van der Waals surface area (Å²) in [4.78, 5) is 4.51. The molecule has 0 radical (unpaired) electrons. The van der Waals surface area contributed by atoms with Crippen molar-refractivity contribution in [2.24, 2.45) is 10.9 Å². The van der Waals surface area contributed by atoms with Gasteiger partial charge in [-0.1, -0.05) is 25.6 Å². The van der Waals surface area contributed by atoms with Gasteiger partial charge in [-0.2, -0.15) is 0 Å². The minimum atomic E-state index is 0.346. The van der Waals surface area contributed by atoms with Crippen LogP contribution >= 0.6 is 11.8 Å². The third-order valence-electron chi connectivity index (χ3n) is 2.24. The second-order valence-electron chi connectivity index (χ2n) is 4.52. The Morgan fingerprint density at radius 1 is 1.53 bits per heavy atom. The Hall–Kier alpha value is -0.220. The minimum absolute atomic E-state index is 0.346. The Morgan fingerprint density at radius 2 is 2.27 bits per heavy atom. The molecule has 0 saturated carbocycles. The first-order chi connectivity index (χ1) is 7.11. The van der Waals surface area contributed by atoms with Crippen LogP contribution in [0.1, 0.15) is 27.2 Å². The number of amidine groups is 1. The van der Waals surface area contributed by atoms with Gasteiger partial charge in [0, 0.05) is 18.4 Å². The van der Waals surface area contributed by atoms with Crippen LogP contribution in [-0.4, -0.2) is 36.7 Å². The van der Waals surface area contributed by atoms with Crippen LogP contribution in [0, 0.1) is 5.92 Å². The highest BCUT2D eigenvalue weighted by Gasteiger charge is 2.21. The highest BCUT2D eigenvalue weighted by atomic mass is 32.2. The molecule has 88 valence electrons. The summed E-state index contributed by atoms with van der Waals surface area (Å²) in [5.74, 6) is 0.758. The van der Waals surface area contributed by atoms with E-state index in [9.17, 15) is 0 Å². The highest BCUT2D eigenvalue weighted by molar-refractivity contribution is 8.14. The summed E-state index contributed by atoms with van der Waals surface area (Å²) in [6.07, 6.45) is 1.25. The van der Waals surface area contributed by atoms with Gasteiger partial charge in [0.2, 0.25) is 0 Å². The van der Waals surface area contributed by atoms with E-state index >= 15 is 0 Å². The van der Waals surface area contributed by atoms with Crippen LogP contribution in [0.2, 0.25) is 0 Å². The Labute approximate surface area is 97.1 Å². The maximum Gasteiger partial charge on any atom is 0.157 e. The quantitative estimate of drug-likeness (QED) is 0.785. The summed E-state index contributed by atoms with van der Waals surface area (Å²) < 4.78 is 5.08. The van der Waals surface area contributed by atoms with Gasteiger partial charge in [0.15, 0.2) is 5.17 Å². The van der Waals surface area contributed by atoms with E-state index in [4.69, 9.17) is 4.74 Å². The predicted octanol–water partition coefficient (Wildman–Crippen LogP) is 2.13. The molecule has 4 heteroatoms. The molecular weight excluding hydrogens is 208 g/mol. The molecule has 0 bridgehead atoms. The fourth-order valence-corrected chi connectivity index (χ4v) is 3.01. The molecule has 2 atom stereocenters. The first-order valence-electron chi connectivity index (χ1n) is 5.58. The van der Waals surface area contributed by atoms with E-state index in [1.165, 1.54) is 6.42 Å². The number of ether oxygens (including phenoxy) is 1. The summed E-state index contributed by atoms with van der Waals surface area (Å²) in [7, 11) is 1.73. The zero-order valence-corrected chi connectivity index (χ0v) is 10.9. The van der Waals surface area contributed by atoms with Gasteiger partial charge < -0.3 is 10.1 Å². The van der Waals surface area contributed by atoms with Crippen LogP contribution < -0.4 is 5.32 Å². The van der Waals surface area contributed by atoms with Crippen molar-refractivity contribution >= 4 is 16.9 Å². The Morgan fingerprint density at radius 3 is 2.87 bits per heavy atom. The molecule has 2 unspecified atom stereocenters. The van der Waals surface area contributed by atoms with Crippen molar-refractivity contribution < 1.29 is 4.74 Å². The largest absolute Gasteiger partial charge is 0.383 e. The van der Waals surface area contributed by atoms with Crippen LogP contribution in [0.15, 0.2) is 4.99 Å². The molecule has 15 heavy (non-hydrogen) atoms. The molecule has 1 rings (SSSR count). The van der Waals surface area contributed by atoms with E-state index in [2.05, 4.69) is 31.1 Å². The van der Waals surface area contributed by atoms with E-state index in [0.717, 1.165) is 24.2 Å². The van der Waals surface area contributed by atoms with Gasteiger partial charge in [0.1, 0.15) is 0 Å². The van der Waals surface area contributed by atoms with Crippen molar-refractivity contribution in [1.29, 1.82) is 0 Å². The fraction of sp³-hybridized carbons (Fsp3) is 0.909. The third kappa shape index (κ3) is 4.89. The molecule has 1 N–H and O–H groups in total. The van der Waals surface area contributed by atoms with Crippen molar-refractivity contribution in [1.82, 2.24) is 5.32 Å². The summed E-state index contributed by atoms with van der Waals surface area (Å²) in [6, 6.07) is 0.346. The number of rotatable bonds is 5. The maximum absolute atomic E-state index is 5.08. The predicted molar refractivity (Wildman–Crippen MR) is 67.6 cm³/mol. The van der Waals surface area contributed by atoms with Gasteiger partial charge >= 0.3 is 0 Å². The molecule has 0 aromatic heterocycles. The van der Waals surface area contributed by atoms with Crippen molar-refractivity contribution in [3.8, 4) is 0 Å². The number of hydrogen-bond acceptors (Lipinski definition) is 4. The normalized spacial score (nSPS) is 23.0. The number of aliphatic imine (C=N–C) groups is 1. The van der Waals surface area contributed by atoms with Crippen LogP contribution in [0.3, 0.4) is 0 Å². The highest BCUT2D eigenvalue weighted by Crippen LogP contribution is 2.25. The van der Waals surface area contributed by atoms with E-state index in [0.29, 0.717) is 11.3 Å². The second kappa shape index (κ2) is 6.38. The van der Waals surface area contributed by atoms with Crippen LogP contribution in [0.5, 0.6) is 0 Å². The number of nitrogens with zero attached hydrogens (tertiary/aromatic N) is 1. The van der Waals surface area contributed by atoms with Gasteiger partial charge in [-0.15, -0.1) is 0 Å². The Kier molecular flexibility index (Phi) is 5.47. The maximum atomic E-state index is 5.08. The minimum Gasteiger partial charge on any atom is -0.383 e. The average Bonchev–Trinajstić information content (AvgIpc) is 2.51. The van der Waals surface area contributed by atoms with Gasteiger partial charge in [0.25, 0.3) is 0 Å². The first kappa shape index (κ1) is 12.8. The molecule has 0 spiro atoms. The van der Waals surface area contributed by atoms with Crippen LogP contribution in [0.25, 0.3) is 0 Å². The van der Waals surface area contributed by atoms with Crippen molar-refractivity contribution in [2.75, 3.05) is 20.3 Å². The number of hydrogen-bond donors (Lipinski definition) is 1. The summed E-state index contributed by atoms with van der Waals surface area (Å²) >= 11 is 1.88. The topological polar surface area (TPSA) is 33.6 Å². The van der Waals surface area contributed by atoms with Crippen LogP contribution in [0.4, 0.5) is 0 Å². The van der Waals surface area contributed by atoms with Gasteiger partial charge in [-0.25, -0.2) is 0 Å². The number of thioether (sulfide) groups is 1. The fourth-order valence-electron chi connectivity index (χ4n) is 1.65. The molecule has 0 amide bonds. The molecule has 0 aromatic carbocycles. The monoisotopic (exact) mass is 230 g/mol.